The van der Waals surface area contributed by atoms with Crippen molar-refractivity contribution in [1.82, 2.24) is 15.1 Å². The van der Waals surface area contributed by atoms with Gasteiger partial charge in [0.25, 0.3) is 0 Å². The van der Waals surface area contributed by atoms with Gasteiger partial charge in [0.2, 0.25) is 0 Å². The van der Waals surface area contributed by atoms with E-state index in [1.165, 1.54) is 4.68 Å². The predicted octanol–water partition coefficient (Wildman–Crippen LogP) is 2.43. The standard InChI is InChI=1S/C15H25N3O3/c1-5-7-13(6-2)14(19)21-9-8-16-15(20)18-10-11(3)12(4)17-18/h10,13H,5-9H2,1-4H3,(H,16,20). The van der Waals surface area contributed by atoms with Crippen molar-refractivity contribution < 1.29 is 14.3 Å². The van der Waals surface area contributed by atoms with Gasteiger partial charge >= 0.3 is 12.0 Å². The summed E-state index contributed by atoms with van der Waals surface area (Å²) in [7, 11) is 0. The Labute approximate surface area is 125 Å². The van der Waals surface area contributed by atoms with Gasteiger partial charge < -0.3 is 10.1 Å². The topological polar surface area (TPSA) is 73.2 Å². The second kappa shape index (κ2) is 8.44. The smallest absolute Gasteiger partial charge is 0.342 e. The third kappa shape index (κ3) is 5.21. The number of carbonyl (C=O) groups excluding carboxylic acids is 2. The number of nitrogens with one attached hydrogen (secondary N) is 1. The fourth-order valence-corrected chi connectivity index (χ4v) is 2.00. The molecule has 0 spiro atoms. The van der Waals surface area contributed by atoms with E-state index in [0.29, 0.717) is 0 Å². The average Bonchev–Trinajstić information content (AvgIpc) is 2.80. The Morgan fingerprint density at radius 1 is 1.38 bits per heavy atom. The van der Waals surface area contributed by atoms with Crippen LogP contribution in [0.1, 0.15) is 44.4 Å². The van der Waals surface area contributed by atoms with Crippen LogP contribution in [-0.4, -0.2) is 34.9 Å². The first-order valence-electron chi connectivity index (χ1n) is 7.47. The average molecular weight is 295 g/mol. The van der Waals surface area contributed by atoms with Crippen molar-refractivity contribution in [3.63, 3.8) is 0 Å². The number of aromatic nitrogens is 2. The predicted molar refractivity (Wildman–Crippen MR) is 80.1 cm³/mol. The highest BCUT2D eigenvalue weighted by atomic mass is 16.5. The van der Waals surface area contributed by atoms with Gasteiger partial charge in [0.05, 0.1) is 18.2 Å². The molecule has 1 rings (SSSR count). The first-order chi connectivity index (χ1) is 9.99. The molecular formula is C15H25N3O3. The monoisotopic (exact) mass is 295 g/mol. The summed E-state index contributed by atoms with van der Waals surface area (Å²) in [5.41, 5.74) is 1.78. The SMILES string of the molecule is CCCC(CC)C(=O)OCCNC(=O)n1cc(C)c(C)n1. The second-order valence-corrected chi connectivity index (χ2v) is 5.14. The summed E-state index contributed by atoms with van der Waals surface area (Å²) < 4.78 is 6.44. The highest BCUT2D eigenvalue weighted by Gasteiger charge is 2.16. The van der Waals surface area contributed by atoms with Crippen LogP contribution in [0, 0.1) is 19.8 Å². The van der Waals surface area contributed by atoms with Crippen LogP contribution >= 0.6 is 0 Å². The summed E-state index contributed by atoms with van der Waals surface area (Å²) >= 11 is 0. The number of amides is 1. The maximum atomic E-state index is 11.8. The molecule has 6 heteroatoms. The number of nitrogens with zero attached hydrogens (tertiary/aromatic N) is 2. The Hall–Kier alpha value is -1.85. The minimum Gasteiger partial charge on any atom is -0.464 e. The molecule has 1 atom stereocenters. The molecule has 1 amide bonds. The van der Waals surface area contributed by atoms with Crippen molar-refractivity contribution in [2.75, 3.05) is 13.2 Å². The van der Waals surface area contributed by atoms with Crippen molar-refractivity contribution in [2.45, 2.75) is 47.0 Å². The van der Waals surface area contributed by atoms with E-state index in [1.807, 2.05) is 27.7 Å². The fourth-order valence-electron chi connectivity index (χ4n) is 2.00. The van der Waals surface area contributed by atoms with E-state index in [9.17, 15) is 9.59 Å². The molecule has 6 nitrogen and oxygen atoms in total. The number of aryl methyl sites for hydroxylation is 2. The molecule has 0 fully saturated rings. The molecule has 0 aliphatic heterocycles. The molecule has 1 N–H and O–H groups in total. The van der Waals surface area contributed by atoms with Crippen LogP contribution in [0.4, 0.5) is 4.79 Å². The Kier molecular flexibility index (Phi) is 6.91. The lowest BCUT2D eigenvalue weighted by Crippen LogP contribution is -2.32. The zero-order chi connectivity index (χ0) is 15.8. The van der Waals surface area contributed by atoms with Crippen LogP contribution < -0.4 is 5.32 Å². The lowest BCUT2D eigenvalue weighted by Gasteiger charge is -2.13. The van der Waals surface area contributed by atoms with Crippen LogP contribution in [0.3, 0.4) is 0 Å². The molecule has 0 aromatic carbocycles. The van der Waals surface area contributed by atoms with Gasteiger partial charge in [0.1, 0.15) is 6.61 Å². The van der Waals surface area contributed by atoms with Crippen LogP contribution in [0.2, 0.25) is 0 Å². The van der Waals surface area contributed by atoms with Gasteiger partial charge in [-0.1, -0.05) is 20.3 Å². The Balaban J connectivity index is 2.30. The number of hydrogen-bond donors (Lipinski definition) is 1. The number of rotatable bonds is 7. The zero-order valence-electron chi connectivity index (χ0n) is 13.3. The highest BCUT2D eigenvalue weighted by Crippen LogP contribution is 2.12. The lowest BCUT2D eigenvalue weighted by atomic mass is 10.0. The van der Waals surface area contributed by atoms with Gasteiger partial charge in [-0.15, -0.1) is 0 Å². The Morgan fingerprint density at radius 3 is 2.62 bits per heavy atom. The van der Waals surface area contributed by atoms with Crippen LogP contribution in [0.15, 0.2) is 6.20 Å². The number of ether oxygens (including phenoxy) is 1. The first kappa shape index (κ1) is 17.2. The number of hydrogen-bond acceptors (Lipinski definition) is 4. The van der Waals surface area contributed by atoms with Crippen LogP contribution in [0.5, 0.6) is 0 Å². The summed E-state index contributed by atoms with van der Waals surface area (Å²) in [6.45, 7) is 8.23. The maximum absolute atomic E-state index is 11.8. The zero-order valence-corrected chi connectivity index (χ0v) is 13.3. The fraction of sp³-hybridized carbons (Fsp3) is 0.667. The van der Waals surface area contributed by atoms with Crippen LogP contribution in [0.25, 0.3) is 0 Å². The van der Waals surface area contributed by atoms with E-state index in [-0.39, 0.29) is 31.1 Å². The minimum absolute atomic E-state index is 0.0397. The van der Waals surface area contributed by atoms with Gasteiger partial charge in [0, 0.05) is 6.20 Å². The minimum atomic E-state index is -0.317. The molecule has 1 aromatic heterocycles. The van der Waals surface area contributed by atoms with Crippen molar-refractivity contribution in [2.24, 2.45) is 5.92 Å². The van der Waals surface area contributed by atoms with Gasteiger partial charge in [0.15, 0.2) is 0 Å². The third-order valence-corrected chi connectivity index (χ3v) is 3.44. The van der Waals surface area contributed by atoms with Crippen LogP contribution in [-0.2, 0) is 9.53 Å². The number of esters is 1. The molecule has 0 aliphatic carbocycles. The normalized spacial score (nSPS) is 12.0. The summed E-state index contributed by atoms with van der Waals surface area (Å²) in [5.74, 6) is -0.221. The Morgan fingerprint density at radius 2 is 2.10 bits per heavy atom. The third-order valence-electron chi connectivity index (χ3n) is 3.44. The number of carbonyl (C=O) groups is 2. The molecule has 0 saturated carbocycles. The Bertz CT molecular complexity index is 463. The molecule has 118 valence electrons. The largest absolute Gasteiger partial charge is 0.464 e. The lowest BCUT2D eigenvalue weighted by molar-refractivity contribution is -0.148. The summed E-state index contributed by atoms with van der Waals surface area (Å²) in [6, 6.07) is -0.317. The molecule has 1 unspecified atom stereocenters. The molecule has 1 aromatic rings. The van der Waals surface area contributed by atoms with Crippen molar-refractivity contribution in [3.05, 3.63) is 17.5 Å². The first-order valence-corrected chi connectivity index (χ1v) is 7.47. The van der Waals surface area contributed by atoms with Crippen molar-refractivity contribution >= 4 is 12.0 Å². The van der Waals surface area contributed by atoms with Gasteiger partial charge in [-0.2, -0.15) is 9.78 Å². The second-order valence-electron chi connectivity index (χ2n) is 5.14. The van der Waals surface area contributed by atoms with E-state index in [2.05, 4.69) is 10.4 Å². The van der Waals surface area contributed by atoms with E-state index in [4.69, 9.17) is 4.74 Å². The van der Waals surface area contributed by atoms with Gasteiger partial charge in [-0.05, 0) is 32.3 Å². The maximum Gasteiger partial charge on any atom is 0.342 e. The molecule has 0 radical (unpaired) electrons. The van der Waals surface area contributed by atoms with E-state index in [0.717, 1.165) is 30.5 Å². The molecule has 1 heterocycles. The van der Waals surface area contributed by atoms with E-state index in [1.54, 1.807) is 6.20 Å². The molecule has 21 heavy (non-hydrogen) atoms. The molecule has 0 saturated heterocycles. The summed E-state index contributed by atoms with van der Waals surface area (Å²) in [4.78, 5) is 23.6. The van der Waals surface area contributed by atoms with Gasteiger partial charge in [-0.3, -0.25) is 4.79 Å². The van der Waals surface area contributed by atoms with Crippen molar-refractivity contribution in [3.8, 4) is 0 Å². The quantitative estimate of drug-likeness (QED) is 0.619. The van der Waals surface area contributed by atoms with Crippen molar-refractivity contribution in [1.29, 1.82) is 0 Å². The molecule has 0 aliphatic rings. The highest BCUT2D eigenvalue weighted by molar-refractivity contribution is 5.76. The van der Waals surface area contributed by atoms with Gasteiger partial charge in [-0.25, -0.2) is 4.79 Å². The summed E-state index contributed by atoms with van der Waals surface area (Å²) in [6.07, 6.45) is 4.26. The van der Waals surface area contributed by atoms with E-state index < -0.39 is 0 Å². The molecular weight excluding hydrogens is 270 g/mol. The molecule has 0 bridgehead atoms. The van der Waals surface area contributed by atoms with E-state index >= 15 is 0 Å². The summed E-state index contributed by atoms with van der Waals surface area (Å²) in [5, 5.41) is 6.75.